The summed E-state index contributed by atoms with van der Waals surface area (Å²) in [5.74, 6) is 0.430. The lowest BCUT2D eigenvalue weighted by molar-refractivity contribution is 0.0651. The van der Waals surface area contributed by atoms with Crippen molar-refractivity contribution in [1.29, 1.82) is 0 Å². The van der Waals surface area contributed by atoms with Crippen LogP contribution in [0.2, 0.25) is 0 Å². The number of nitrogens with one attached hydrogen (secondary N) is 1. The van der Waals surface area contributed by atoms with Crippen LogP contribution in [0.1, 0.15) is 29.6 Å². The van der Waals surface area contributed by atoms with Crippen LogP contribution >= 0.6 is 0 Å². The Kier molecular flexibility index (Phi) is 5.81. The third-order valence-corrected chi connectivity index (χ3v) is 3.95. The van der Waals surface area contributed by atoms with E-state index >= 15 is 0 Å². The highest BCUT2D eigenvalue weighted by atomic mass is 16.3. The Bertz CT molecular complexity index is 479. The molecule has 0 radical (unpaired) electrons. The number of nitrogens with zero attached hydrogens (tertiary/aromatic N) is 1. The zero-order chi connectivity index (χ0) is 15.1. The monoisotopic (exact) mass is 288 g/mol. The Balaban J connectivity index is 1.96. The Morgan fingerprint density at radius 1 is 1.43 bits per heavy atom. The first-order valence-corrected chi connectivity index (χ1v) is 7.59. The van der Waals surface area contributed by atoms with E-state index in [0.717, 1.165) is 50.1 Å². The number of likely N-dealkylation sites (tertiary alicyclic amines) is 1. The summed E-state index contributed by atoms with van der Waals surface area (Å²) in [7, 11) is 0. The molecule has 0 spiro atoms. The molecule has 0 atom stereocenters. The van der Waals surface area contributed by atoms with Gasteiger partial charge in [0, 0.05) is 37.5 Å². The molecular formula is C17H24N2O2. The van der Waals surface area contributed by atoms with Crippen molar-refractivity contribution in [3.63, 3.8) is 0 Å². The second kappa shape index (κ2) is 7.84. The fraction of sp³-hybridized carbons (Fsp3) is 0.471. The SMILES string of the molecule is C=CCCNc1cccc(C(=O)N2CCC(CO)CC2)c1. The first-order chi connectivity index (χ1) is 10.2. The summed E-state index contributed by atoms with van der Waals surface area (Å²) in [5, 5.41) is 12.4. The van der Waals surface area contributed by atoms with Crippen molar-refractivity contribution >= 4 is 11.6 Å². The Labute approximate surface area is 126 Å². The van der Waals surface area contributed by atoms with Gasteiger partial charge >= 0.3 is 0 Å². The third-order valence-electron chi connectivity index (χ3n) is 3.95. The fourth-order valence-electron chi connectivity index (χ4n) is 2.58. The van der Waals surface area contributed by atoms with Crippen molar-refractivity contribution in [1.82, 2.24) is 4.90 Å². The predicted octanol–water partition coefficient (Wildman–Crippen LogP) is 2.52. The minimum Gasteiger partial charge on any atom is -0.396 e. The molecule has 2 rings (SSSR count). The summed E-state index contributed by atoms with van der Waals surface area (Å²) >= 11 is 0. The molecule has 1 heterocycles. The number of aliphatic hydroxyl groups excluding tert-OH is 1. The summed E-state index contributed by atoms with van der Waals surface area (Å²) in [5.41, 5.74) is 1.69. The van der Waals surface area contributed by atoms with E-state index in [-0.39, 0.29) is 12.5 Å². The Morgan fingerprint density at radius 3 is 2.86 bits per heavy atom. The molecule has 4 nitrogen and oxygen atoms in total. The van der Waals surface area contributed by atoms with Gasteiger partial charge in [-0.3, -0.25) is 4.79 Å². The quantitative estimate of drug-likeness (QED) is 0.625. The molecule has 0 saturated carbocycles. The highest BCUT2D eigenvalue weighted by Crippen LogP contribution is 2.19. The molecule has 21 heavy (non-hydrogen) atoms. The van der Waals surface area contributed by atoms with E-state index < -0.39 is 0 Å². The molecular weight excluding hydrogens is 264 g/mol. The highest BCUT2D eigenvalue weighted by molar-refractivity contribution is 5.95. The van der Waals surface area contributed by atoms with Gasteiger partial charge in [-0.05, 0) is 43.4 Å². The van der Waals surface area contributed by atoms with Crippen molar-refractivity contribution in [3.05, 3.63) is 42.5 Å². The molecule has 1 aromatic carbocycles. The highest BCUT2D eigenvalue weighted by Gasteiger charge is 2.23. The van der Waals surface area contributed by atoms with Crippen LogP contribution in [0.3, 0.4) is 0 Å². The molecule has 0 aromatic heterocycles. The molecule has 1 fully saturated rings. The summed E-state index contributed by atoms with van der Waals surface area (Å²) < 4.78 is 0. The van der Waals surface area contributed by atoms with Gasteiger partial charge in [0.1, 0.15) is 0 Å². The number of benzene rings is 1. The van der Waals surface area contributed by atoms with Gasteiger partial charge in [0.25, 0.3) is 5.91 Å². The van der Waals surface area contributed by atoms with Crippen LogP contribution < -0.4 is 5.32 Å². The lowest BCUT2D eigenvalue weighted by Crippen LogP contribution is -2.39. The maximum atomic E-state index is 12.5. The largest absolute Gasteiger partial charge is 0.396 e. The smallest absolute Gasteiger partial charge is 0.253 e. The van der Waals surface area contributed by atoms with Crippen LogP contribution in [0, 0.1) is 5.92 Å². The molecule has 0 bridgehead atoms. The zero-order valence-electron chi connectivity index (χ0n) is 12.4. The molecule has 1 amide bonds. The molecule has 1 aromatic rings. The summed E-state index contributed by atoms with van der Waals surface area (Å²) in [4.78, 5) is 14.4. The fourth-order valence-corrected chi connectivity index (χ4v) is 2.58. The van der Waals surface area contributed by atoms with Crippen LogP contribution in [0.25, 0.3) is 0 Å². The minimum absolute atomic E-state index is 0.0822. The lowest BCUT2D eigenvalue weighted by Gasteiger charge is -2.31. The molecule has 0 aliphatic carbocycles. The maximum absolute atomic E-state index is 12.5. The predicted molar refractivity (Wildman–Crippen MR) is 85.5 cm³/mol. The first-order valence-electron chi connectivity index (χ1n) is 7.59. The standard InChI is InChI=1S/C17H24N2O2/c1-2-3-9-18-16-6-4-5-15(12-16)17(21)19-10-7-14(13-20)8-11-19/h2,4-6,12,14,18,20H,1,3,7-11,13H2. The Morgan fingerprint density at radius 2 is 2.19 bits per heavy atom. The summed E-state index contributed by atoms with van der Waals surface area (Å²) in [6.45, 7) is 6.21. The number of hydrogen-bond acceptors (Lipinski definition) is 3. The molecule has 2 N–H and O–H groups in total. The molecule has 0 unspecified atom stereocenters. The van der Waals surface area contributed by atoms with E-state index in [1.807, 2.05) is 35.2 Å². The van der Waals surface area contributed by atoms with Gasteiger partial charge in [-0.25, -0.2) is 0 Å². The normalized spacial score (nSPS) is 15.8. The summed E-state index contributed by atoms with van der Waals surface area (Å²) in [6.07, 6.45) is 4.54. The maximum Gasteiger partial charge on any atom is 0.253 e. The number of hydrogen-bond donors (Lipinski definition) is 2. The number of anilines is 1. The van der Waals surface area contributed by atoms with E-state index in [1.165, 1.54) is 0 Å². The van der Waals surface area contributed by atoms with E-state index in [1.54, 1.807) is 0 Å². The minimum atomic E-state index is 0.0822. The van der Waals surface area contributed by atoms with Gasteiger partial charge in [-0.1, -0.05) is 12.1 Å². The molecule has 1 saturated heterocycles. The van der Waals surface area contributed by atoms with Crippen LogP contribution in [0.15, 0.2) is 36.9 Å². The van der Waals surface area contributed by atoms with Crippen LogP contribution in [0.5, 0.6) is 0 Å². The van der Waals surface area contributed by atoms with E-state index in [9.17, 15) is 4.79 Å². The van der Waals surface area contributed by atoms with Crippen molar-refractivity contribution in [2.75, 3.05) is 31.6 Å². The second-order valence-corrected chi connectivity index (χ2v) is 5.50. The van der Waals surface area contributed by atoms with Gasteiger partial charge in [0.2, 0.25) is 0 Å². The van der Waals surface area contributed by atoms with E-state index in [0.29, 0.717) is 5.92 Å². The van der Waals surface area contributed by atoms with Crippen LogP contribution in [-0.4, -0.2) is 42.2 Å². The van der Waals surface area contributed by atoms with Gasteiger partial charge < -0.3 is 15.3 Å². The van der Waals surface area contributed by atoms with Crippen LogP contribution in [0.4, 0.5) is 5.69 Å². The number of carbonyl (C=O) groups excluding carboxylic acids is 1. The van der Waals surface area contributed by atoms with Gasteiger partial charge in [-0.15, -0.1) is 6.58 Å². The number of rotatable bonds is 6. The molecule has 114 valence electrons. The first kappa shape index (κ1) is 15.6. The Hall–Kier alpha value is -1.81. The lowest BCUT2D eigenvalue weighted by atomic mass is 9.97. The summed E-state index contributed by atoms with van der Waals surface area (Å²) in [6, 6.07) is 7.64. The van der Waals surface area contributed by atoms with Gasteiger partial charge in [0.15, 0.2) is 0 Å². The number of aliphatic hydroxyl groups is 1. The number of carbonyl (C=O) groups is 1. The molecule has 1 aliphatic rings. The van der Waals surface area contributed by atoms with Crippen molar-refractivity contribution in [2.45, 2.75) is 19.3 Å². The molecule has 1 aliphatic heterocycles. The second-order valence-electron chi connectivity index (χ2n) is 5.50. The number of amides is 1. The topological polar surface area (TPSA) is 52.6 Å². The third kappa shape index (κ3) is 4.33. The van der Waals surface area contributed by atoms with Gasteiger partial charge in [0.05, 0.1) is 0 Å². The zero-order valence-corrected chi connectivity index (χ0v) is 12.4. The van der Waals surface area contributed by atoms with E-state index in [4.69, 9.17) is 5.11 Å². The average Bonchev–Trinajstić information content (AvgIpc) is 2.55. The number of piperidine rings is 1. The van der Waals surface area contributed by atoms with E-state index in [2.05, 4.69) is 11.9 Å². The van der Waals surface area contributed by atoms with Crippen molar-refractivity contribution < 1.29 is 9.90 Å². The molecule has 4 heteroatoms. The average molecular weight is 288 g/mol. The van der Waals surface area contributed by atoms with Crippen molar-refractivity contribution in [2.24, 2.45) is 5.92 Å². The van der Waals surface area contributed by atoms with Crippen LogP contribution in [-0.2, 0) is 0 Å². The van der Waals surface area contributed by atoms with Crippen molar-refractivity contribution in [3.8, 4) is 0 Å². The van der Waals surface area contributed by atoms with Gasteiger partial charge in [-0.2, -0.15) is 0 Å².